The van der Waals surface area contributed by atoms with Crippen LogP contribution in [0.2, 0.25) is 0 Å². The predicted molar refractivity (Wildman–Crippen MR) is 94.1 cm³/mol. The summed E-state index contributed by atoms with van der Waals surface area (Å²) in [6.07, 6.45) is 0.286. The average Bonchev–Trinajstić information content (AvgIpc) is 2.63. The summed E-state index contributed by atoms with van der Waals surface area (Å²) in [5.74, 6) is -2.11. The molecule has 0 spiro atoms. The third kappa shape index (κ3) is 5.70. The van der Waals surface area contributed by atoms with Crippen LogP contribution in [-0.2, 0) is 20.7 Å². The standard InChI is InChI=1S/C19H19FN2O4/c1-26-19(25)15-12-14(7-8-16(15)20)22-17(23)9-10-21-18(24)11-13-5-3-2-4-6-13/h2-8,12H,9-11H2,1H3,(H,21,24)(H,22,23). The fraction of sp³-hybridized carbons (Fsp3) is 0.211. The molecule has 136 valence electrons. The Hall–Kier alpha value is -3.22. The molecule has 0 fully saturated rings. The topological polar surface area (TPSA) is 84.5 Å². The minimum absolute atomic E-state index is 0.0471. The molecule has 2 aromatic rings. The van der Waals surface area contributed by atoms with Gasteiger partial charge in [0.15, 0.2) is 0 Å². The van der Waals surface area contributed by atoms with E-state index in [-0.39, 0.29) is 42.5 Å². The number of carbonyl (C=O) groups is 3. The van der Waals surface area contributed by atoms with Crippen LogP contribution in [0.4, 0.5) is 10.1 Å². The van der Waals surface area contributed by atoms with Gasteiger partial charge < -0.3 is 15.4 Å². The van der Waals surface area contributed by atoms with Gasteiger partial charge in [0.2, 0.25) is 11.8 Å². The molecule has 2 N–H and O–H groups in total. The maximum atomic E-state index is 13.6. The molecular formula is C19H19FN2O4. The van der Waals surface area contributed by atoms with Gasteiger partial charge in [-0.15, -0.1) is 0 Å². The van der Waals surface area contributed by atoms with Crippen LogP contribution in [0, 0.1) is 5.82 Å². The van der Waals surface area contributed by atoms with Gasteiger partial charge in [-0.2, -0.15) is 0 Å². The lowest BCUT2D eigenvalue weighted by atomic mass is 10.1. The van der Waals surface area contributed by atoms with Crippen LogP contribution in [0.25, 0.3) is 0 Å². The number of halogens is 1. The van der Waals surface area contributed by atoms with Crippen LogP contribution in [0.3, 0.4) is 0 Å². The maximum absolute atomic E-state index is 13.6. The molecule has 26 heavy (non-hydrogen) atoms. The van der Waals surface area contributed by atoms with E-state index in [1.54, 1.807) is 0 Å². The number of hydrogen-bond acceptors (Lipinski definition) is 4. The third-order valence-corrected chi connectivity index (χ3v) is 3.54. The number of ether oxygens (including phenoxy) is 1. The average molecular weight is 358 g/mol. The van der Waals surface area contributed by atoms with E-state index in [0.29, 0.717) is 0 Å². The molecule has 0 bridgehead atoms. The Morgan fingerprint density at radius 2 is 1.77 bits per heavy atom. The Balaban J connectivity index is 1.80. The molecule has 0 unspecified atom stereocenters. The first-order valence-corrected chi connectivity index (χ1v) is 7.98. The normalized spacial score (nSPS) is 10.1. The molecule has 0 aromatic heterocycles. The molecular weight excluding hydrogens is 339 g/mol. The van der Waals surface area contributed by atoms with Crippen molar-refractivity contribution in [3.05, 3.63) is 65.5 Å². The molecule has 6 nitrogen and oxygen atoms in total. The van der Waals surface area contributed by atoms with E-state index in [2.05, 4.69) is 15.4 Å². The highest BCUT2D eigenvalue weighted by atomic mass is 19.1. The zero-order valence-electron chi connectivity index (χ0n) is 14.3. The lowest BCUT2D eigenvalue weighted by Gasteiger charge is -2.08. The van der Waals surface area contributed by atoms with Crippen LogP contribution in [-0.4, -0.2) is 31.4 Å². The van der Waals surface area contributed by atoms with Gasteiger partial charge in [0, 0.05) is 18.7 Å². The van der Waals surface area contributed by atoms with E-state index < -0.39 is 11.8 Å². The first kappa shape index (κ1) is 19.1. The molecule has 2 rings (SSSR count). The third-order valence-electron chi connectivity index (χ3n) is 3.54. The highest BCUT2D eigenvalue weighted by Gasteiger charge is 2.14. The Morgan fingerprint density at radius 3 is 2.46 bits per heavy atom. The minimum atomic E-state index is -0.827. The summed E-state index contributed by atoms with van der Waals surface area (Å²) in [6.45, 7) is 0.169. The lowest BCUT2D eigenvalue weighted by Crippen LogP contribution is -2.28. The fourth-order valence-electron chi connectivity index (χ4n) is 2.25. The van der Waals surface area contributed by atoms with E-state index >= 15 is 0 Å². The van der Waals surface area contributed by atoms with E-state index in [0.717, 1.165) is 18.7 Å². The Bertz CT molecular complexity index is 793. The Kier molecular flexibility index (Phi) is 6.84. The van der Waals surface area contributed by atoms with Gasteiger partial charge in [-0.25, -0.2) is 9.18 Å². The van der Waals surface area contributed by atoms with Gasteiger partial charge in [-0.05, 0) is 23.8 Å². The second-order valence-corrected chi connectivity index (χ2v) is 5.50. The van der Waals surface area contributed by atoms with Crippen molar-refractivity contribution >= 4 is 23.5 Å². The monoisotopic (exact) mass is 358 g/mol. The summed E-state index contributed by atoms with van der Waals surface area (Å²) >= 11 is 0. The molecule has 7 heteroatoms. The van der Waals surface area contributed by atoms with Gasteiger partial charge in [-0.1, -0.05) is 30.3 Å². The second kappa shape index (κ2) is 9.31. The van der Waals surface area contributed by atoms with Crippen molar-refractivity contribution in [2.45, 2.75) is 12.8 Å². The van der Waals surface area contributed by atoms with E-state index in [1.165, 1.54) is 12.1 Å². The van der Waals surface area contributed by atoms with Crippen LogP contribution >= 0.6 is 0 Å². The summed E-state index contributed by atoms with van der Waals surface area (Å²) < 4.78 is 18.0. The van der Waals surface area contributed by atoms with E-state index in [4.69, 9.17) is 0 Å². The number of carbonyl (C=O) groups excluding carboxylic acids is 3. The number of methoxy groups -OCH3 is 1. The van der Waals surface area contributed by atoms with Crippen molar-refractivity contribution < 1.29 is 23.5 Å². The van der Waals surface area contributed by atoms with Gasteiger partial charge in [0.1, 0.15) is 5.82 Å². The zero-order valence-corrected chi connectivity index (χ0v) is 14.3. The SMILES string of the molecule is COC(=O)c1cc(NC(=O)CCNC(=O)Cc2ccccc2)ccc1F. The van der Waals surface area contributed by atoms with Gasteiger partial charge in [-0.3, -0.25) is 9.59 Å². The molecule has 2 amide bonds. The molecule has 0 atom stereocenters. The highest BCUT2D eigenvalue weighted by Crippen LogP contribution is 2.16. The van der Waals surface area contributed by atoms with Crippen molar-refractivity contribution in [1.29, 1.82) is 0 Å². The van der Waals surface area contributed by atoms with Gasteiger partial charge in [0.05, 0.1) is 19.1 Å². The largest absolute Gasteiger partial charge is 0.465 e. The summed E-state index contributed by atoms with van der Waals surface area (Å²) in [6, 6.07) is 12.9. The van der Waals surface area contributed by atoms with Crippen molar-refractivity contribution in [3.63, 3.8) is 0 Å². The molecule has 0 radical (unpaired) electrons. The number of benzene rings is 2. The predicted octanol–water partition coefficient (Wildman–Crippen LogP) is 2.30. The molecule has 2 aromatic carbocycles. The highest BCUT2D eigenvalue weighted by molar-refractivity contribution is 5.95. The molecule has 0 heterocycles. The summed E-state index contributed by atoms with van der Waals surface area (Å²) in [5, 5.41) is 5.21. The first-order chi connectivity index (χ1) is 12.5. The number of nitrogens with one attached hydrogen (secondary N) is 2. The molecule has 0 saturated heterocycles. The fourth-order valence-corrected chi connectivity index (χ4v) is 2.25. The number of anilines is 1. The maximum Gasteiger partial charge on any atom is 0.340 e. The quantitative estimate of drug-likeness (QED) is 0.744. The number of amides is 2. The Morgan fingerprint density at radius 1 is 1.04 bits per heavy atom. The Labute approximate surface area is 150 Å². The number of hydrogen-bond donors (Lipinski definition) is 2. The second-order valence-electron chi connectivity index (χ2n) is 5.50. The van der Waals surface area contributed by atoms with Crippen molar-refractivity contribution in [2.75, 3.05) is 19.0 Å². The summed E-state index contributed by atoms with van der Waals surface area (Å²) in [5.41, 5.74) is 0.893. The van der Waals surface area contributed by atoms with Gasteiger partial charge in [0.25, 0.3) is 0 Å². The lowest BCUT2D eigenvalue weighted by molar-refractivity contribution is -0.120. The van der Waals surface area contributed by atoms with Gasteiger partial charge >= 0.3 is 5.97 Å². The van der Waals surface area contributed by atoms with Crippen molar-refractivity contribution in [2.24, 2.45) is 0 Å². The molecule has 0 aliphatic rings. The van der Waals surface area contributed by atoms with Crippen LogP contribution in [0.5, 0.6) is 0 Å². The van der Waals surface area contributed by atoms with E-state index in [1.807, 2.05) is 30.3 Å². The summed E-state index contributed by atoms with van der Waals surface area (Å²) in [4.78, 5) is 35.2. The van der Waals surface area contributed by atoms with Crippen LogP contribution < -0.4 is 10.6 Å². The minimum Gasteiger partial charge on any atom is -0.465 e. The summed E-state index contributed by atoms with van der Waals surface area (Å²) in [7, 11) is 1.14. The molecule has 0 saturated carbocycles. The van der Waals surface area contributed by atoms with Crippen LogP contribution in [0.1, 0.15) is 22.3 Å². The van der Waals surface area contributed by atoms with Crippen molar-refractivity contribution in [1.82, 2.24) is 5.32 Å². The molecule has 0 aliphatic heterocycles. The smallest absolute Gasteiger partial charge is 0.340 e. The first-order valence-electron chi connectivity index (χ1n) is 7.98. The van der Waals surface area contributed by atoms with Crippen molar-refractivity contribution in [3.8, 4) is 0 Å². The zero-order chi connectivity index (χ0) is 18.9. The van der Waals surface area contributed by atoms with E-state index in [9.17, 15) is 18.8 Å². The molecule has 0 aliphatic carbocycles. The van der Waals surface area contributed by atoms with Crippen LogP contribution in [0.15, 0.2) is 48.5 Å². The number of esters is 1. The number of rotatable bonds is 7.